The Labute approximate surface area is 150 Å². The van der Waals surface area contributed by atoms with E-state index in [4.69, 9.17) is 10.5 Å². The van der Waals surface area contributed by atoms with E-state index in [9.17, 15) is 4.79 Å². The van der Waals surface area contributed by atoms with Crippen LogP contribution in [0.1, 0.15) is 25.3 Å². The quantitative estimate of drug-likeness (QED) is 0.814. The van der Waals surface area contributed by atoms with Crippen LogP contribution in [0.5, 0.6) is 0 Å². The number of amides is 1. The lowest BCUT2D eigenvalue weighted by Gasteiger charge is -2.26. The molecule has 0 saturated carbocycles. The van der Waals surface area contributed by atoms with Crippen molar-refractivity contribution in [2.75, 3.05) is 31.6 Å². The first-order chi connectivity index (χ1) is 10.1. The molecule has 1 atom stereocenters. The smallest absolute Gasteiger partial charge is 0.224 e. The molecule has 1 heterocycles. The summed E-state index contributed by atoms with van der Waals surface area (Å²) in [5, 5.41) is 2.90. The molecule has 3 N–H and O–H groups in total. The number of carbonyl (C=O) groups is 1. The fourth-order valence-electron chi connectivity index (χ4n) is 2.29. The van der Waals surface area contributed by atoms with Crippen molar-refractivity contribution in [2.45, 2.75) is 32.4 Å². The summed E-state index contributed by atoms with van der Waals surface area (Å²) in [4.78, 5) is 14.1. The summed E-state index contributed by atoms with van der Waals surface area (Å²) in [6, 6.07) is 8.11. The van der Waals surface area contributed by atoms with E-state index in [2.05, 4.69) is 22.3 Å². The fourth-order valence-corrected chi connectivity index (χ4v) is 2.29. The summed E-state index contributed by atoms with van der Waals surface area (Å²) in [6.45, 7) is 6.43. The average Bonchev–Trinajstić information content (AvgIpc) is 2.48. The summed E-state index contributed by atoms with van der Waals surface area (Å²) in [5.41, 5.74) is 7.75. The zero-order chi connectivity index (χ0) is 15.1. The molecule has 1 aromatic rings. The van der Waals surface area contributed by atoms with Crippen molar-refractivity contribution in [3.05, 3.63) is 29.8 Å². The molecule has 1 saturated heterocycles. The van der Waals surface area contributed by atoms with Gasteiger partial charge in [0.25, 0.3) is 0 Å². The molecular weight excluding hydrogens is 337 g/mol. The lowest BCUT2D eigenvalue weighted by atomic mass is 10.1. The molecule has 1 aromatic carbocycles. The van der Waals surface area contributed by atoms with Crippen molar-refractivity contribution in [2.24, 2.45) is 5.73 Å². The lowest BCUT2D eigenvalue weighted by Crippen LogP contribution is -2.35. The van der Waals surface area contributed by atoms with Gasteiger partial charge in [-0.15, -0.1) is 24.8 Å². The van der Waals surface area contributed by atoms with Gasteiger partial charge in [0.1, 0.15) is 0 Å². The van der Waals surface area contributed by atoms with Crippen LogP contribution < -0.4 is 11.1 Å². The normalized spacial score (nSPS) is 15.9. The highest BCUT2D eigenvalue weighted by molar-refractivity contribution is 5.90. The van der Waals surface area contributed by atoms with E-state index in [0.29, 0.717) is 12.8 Å². The third-order valence-corrected chi connectivity index (χ3v) is 3.57. The number of rotatable bonds is 6. The molecule has 1 amide bonds. The van der Waals surface area contributed by atoms with Crippen molar-refractivity contribution >= 4 is 36.4 Å². The zero-order valence-corrected chi connectivity index (χ0v) is 15.1. The van der Waals surface area contributed by atoms with E-state index < -0.39 is 0 Å². The predicted molar refractivity (Wildman–Crippen MR) is 98.5 cm³/mol. The number of nitrogens with one attached hydrogen (secondary N) is 1. The second-order valence-electron chi connectivity index (χ2n) is 5.65. The summed E-state index contributed by atoms with van der Waals surface area (Å²) in [7, 11) is 0. The van der Waals surface area contributed by atoms with E-state index in [0.717, 1.165) is 38.5 Å². The van der Waals surface area contributed by atoms with Gasteiger partial charge in [-0.3, -0.25) is 9.69 Å². The van der Waals surface area contributed by atoms with Gasteiger partial charge in [-0.1, -0.05) is 12.1 Å². The highest BCUT2D eigenvalue weighted by Gasteiger charge is 2.10. The second kappa shape index (κ2) is 11.6. The monoisotopic (exact) mass is 363 g/mol. The number of ether oxygens (including phenoxy) is 1. The summed E-state index contributed by atoms with van der Waals surface area (Å²) in [5.74, 6) is 0.0215. The summed E-state index contributed by atoms with van der Waals surface area (Å²) < 4.78 is 5.34. The maximum absolute atomic E-state index is 11.7. The molecule has 0 spiro atoms. The minimum absolute atomic E-state index is 0. The molecule has 1 unspecified atom stereocenters. The van der Waals surface area contributed by atoms with Crippen molar-refractivity contribution < 1.29 is 9.53 Å². The van der Waals surface area contributed by atoms with Crippen LogP contribution in [-0.2, 0) is 16.1 Å². The van der Waals surface area contributed by atoms with Gasteiger partial charge in [-0.2, -0.15) is 0 Å². The number of hydrogen-bond acceptors (Lipinski definition) is 4. The SMILES string of the molecule is CC(N)CCC(=O)Nc1ccc(CN2CCOCC2)cc1.Cl.Cl. The third-order valence-electron chi connectivity index (χ3n) is 3.57. The topological polar surface area (TPSA) is 67.6 Å². The summed E-state index contributed by atoms with van der Waals surface area (Å²) >= 11 is 0. The van der Waals surface area contributed by atoms with Crippen molar-refractivity contribution in [3.8, 4) is 0 Å². The van der Waals surface area contributed by atoms with Crippen LogP contribution in [-0.4, -0.2) is 43.2 Å². The molecule has 5 nitrogen and oxygen atoms in total. The predicted octanol–water partition coefficient (Wildman–Crippen LogP) is 2.43. The maximum Gasteiger partial charge on any atom is 0.224 e. The van der Waals surface area contributed by atoms with Crippen LogP contribution in [0.15, 0.2) is 24.3 Å². The van der Waals surface area contributed by atoms with Crippen LogP contribution in [0, 0.1) is 0 Å². The Morgan fingerprint density at radius 3 is 2.43 bits per heavy atom. The molecule has 23 heavy (non-hydrogen) atoms. The van der Waals surface area contributed by atoms with E-state index in [1.807, 2.05) is 19.1 Å². The van der Waals surface area contributed by atoms with E-state index >= 15 is 0 Å². The van der Waals surface area contributed by atoms with Gasteiger partial charge in [-0.25, -0.2) is 0 Å². The molecule has 1 aliphatic rings. The first-order valence-electron chi connectivity index (χ1n) is 7.58. The van der Waals surface area contributed by atoms with Crippen LogP contribution >= 0.6 is 24.8 Å². The van der Waals surface area contributed by atoms with Crippen LogP contribution in [0.3, 0.4) is 0 Å². The number of benzene rings is 1. The van der Waals surface area contributed by atoms with Crippen molar-refractivity contribution in [1.82, 2.24) is 4.90 Å². The van der Waals surface area contributed by atoms with Crippen LogP contribution in [0.25, 0.3) is 0 Å². The molecule has 132 valence electrons. The second-order valence-corrected chi connectivity index (χ2v) is 5.65. The minimum Gasteiger partial charge on any atom is -0.379 e. The Hall–Kier alpha value is -0.850. The highest BCUT2D eigenvalue weighted by Crippen LogP contribution is 2.13. The molecule has 2 rings (SSSR count). The number of nitrogens with zero attached hydrogens (tertiary/aromatic N) is 1. The molecule has 0 aromatic heterocycles. The molecule has 0 aliphatic carbocycles. The number of nitrogens with two attached hydrogens (primary N) is 1. The first-order valence-corrected chi connectivity index (χ1v) is 7.58. The van der Waals surface area contributed by atoms with Crippen molar-refractivity contribution in [1.29, 1.82) is 0 Å². The molecular formula is C16H27Cl2N3O2. The van der Waals surface area contributed by atoms with Crippen LogP contribution in [0.2, 0.25) is 0 Å². The number of hydrogen-bond donors (Lipinski definition) is 2. The Bertz CT molecular complexity index is 449. The standard InChI is InChI=1S/C16H25N3O2.2ClH/c1-13(17)2-7-16(20)18-15-5-3-14(4-6-15)12-19-8-10-21-11-9-19;;/h3-6,13H,2,7-12,17H2,1H3,(H,18,20);2*1H. The third kappa shape index (κ3) is 8.53. The fraction of sp³-hybridized carbons (Fsp3) is 0.562. The summed E-state index contributed by atoms with van der Waals surface area (Å²) in [6.07, 6.45) is 1.17. The lowest BCUT2D eigenvalue weighted by molar-refractivity contribution is -0.116. The molecule has 7 heteroatoms. The Balaban J connectivity index is 0.00000242. The number of carbonyl (C=O) groups excluding carboxylic acids is 1. The molecule has 1 aliphatic heterocycles. The number of morpholine rings is 1. The zero-order valence-electron chi connectivity index (χ0n) is 13.5. The van der Waals surface area contributed by atoms with Gasteiger partial charge in [0, 0.05) is 37.8 Å². The van der Waals surface area contributed by atoms with Gasteiger partial charge in [0.2, 0.25) is 5.91 Å². The first kappa shape index (κ1) is 22.1. The van der Waals surface area contributed by atoms with E-state index in [1.54, 1.807) is 0 Å². The van der Waals surface area contributed by atoms with Crippen molar-refractivity contribution in [3.63, 3.8) is 0 Å². The Morgan fingerprint density at radius 2 is 1.87 bits per heavy atom. The highest BCUT2D eigenvalue weighted by atomic mass is 35.5. The molecule has 0 radical (unpaired) electrons. The van der Waals surface area contributed by atoms with Gasteiger partial charge in [0.15, 0.2) is 0 Å². The van der Waals surface area contributed by atoms with Gasteiger partial charge in [0.05, 0.1) is 13.2 Å². The maximum atomic E-state index is 11.7. The number of halogens is 2. The van der Waals surface area contributed by atoms with E-state index in [-0.39, 0.29) is 36.8 Å². The average molecular weight is 364 g/mol. The minimum atomic E-state index is 0. The van der Waals surface area contributed by atoms with E-state index in [1.165, 1.54) is 5.56 Å². The molecule has 1 fully saturated rings. The Morgan fingerprint density at radius 1 is 1.26 bits per heavy atom. The Kier molecular flexibility index (Phi) is 11.2. The number of anilines is 1. The van der Waals surface area contributed by atoms with Gasteiger partial charge < -0.3 is 15.8 Å². The largest absolute Gasteiger partial charge is 0.379 e. The van der Waals surface area contributed by atoms with Gasteiger partial charge in [-0.05, 0) is 31.0 Å². The van der Waals surface area contributed by atoms with Gasteiger partial charge >= 0.3 is 0 Å². The van der Waals surface area contributed by atoms with Crippen LogP contribution in [0.4, 0.5) is 5.69 Å². The molecule has 0 bridgehead atoms.